The van der Waals surface area contributed by atoms with Crippen LogP contribution in [0.3, 0.4) is 0 Å². The molecule has 2 aromatic rings. The summed E-state index contributed by atoms with van der Waals surface area (Å²) in [4.78, 5) is 55.5. The van der Waals surface area contributed by atoms with Gasteiger partial charge in [0.15, 0.2) is 0 Å². The molecule has 0 bridgehead atoms. The van der Waals surface area contributed by atoms with E-state index in [-0.39, 0.29) is 96.3 Å². The van der Waals surface area contributed by atoms with Crippen LogP contribution >= 0.6 is 15.2 Å². The third-order valence-electron chi connectivity index (χ3n) is 8.86. The van der Waals surface area contributed by atoms with Gasteiger partial charge in [-0.25, -0.2) is 0 Å². The molecular formula is C34H58FeN2O15P2. The Bertz CT molecular complexity index is 1500. The third-order valence-corrected chi connectivity index (χ3v) is 10.3. The number of aliphatic hydroxyl groups excluding tert-OH is 4. The first-order valence-corrected chi connectivity index (χ1v) is 20.3. The van der Waals surface area contributed by atoms with Crippen LogP contribution in [0.5, 0.6) is 11.5 Å². The van der Waals surface area contributed by atoms with Crippen molar-refractivity contribution in [3.05, 3.63) is 58.7 Å². The van der Waals surface area contributed by atoms with Gasteiger partial charge in [0.05, 0.1) is 57.8 Å². The molecule has 0 spiro atoms. The number of carbonyl (C=O) groups excluding carboxylic acids is 1. The third kappa shape index (κ3) is 16.7. The van der Waals surface area contributed by atoms with Crippen molar-refractivity contribution < 1.29 is 90.7 Å². The fraction of sp³-hybridized carbons (Fsp3) is 0.618. The van der Waals surface area contributed by atoms with Gasteiger partial charge >= 0.3 is 15.2 Å². The second kappa shape index (κ2) is 25.5. The van der Waals surface area contributed by atoms with Gasteiger partial charge < -0.3 is 59.7 Å². The summed E-state index contributed by atoms with van der Waals surface area (Å²) >= 11 is 0. The maximum atomic E-state index is 12.7. The number of hydrogen-bond donors (Lipinski definition) is 10. The first-order valence-electron chi connectivity index (χ1n) is 16.7. The van der Waals surface area contributed by atoms with Crippen LogP contribution in [0, 0.1) is 0 Å². The SMILES string of the molecule is C.COCCOCCC(=O)CCCCCC(CO)(C(CO)N(Cc1cccc(CO)c1O)CP(=O)(O)O)N(Cc1cccc(CO)c1O)CP(=O)(O)O.[Fe]. The molecule has 0 aromatic heterocycles. The van der Waals surface area contributed by atoms with E-state index in [1.807, 2.05) is 0 Å². The molecule has 0 saturated carbocycles. The van der Waals surface area contributed by atoms with Gasteiger partial charge in [0, 0.05) is 72.4 Å². The minimum absolute atomic E-state index is 0. The topological polar surface area (TPSA) is 278 Å². The molecule has 0 radical (unpaired) electrons. The number of hydrogen-bond acceptors (Lipinski definition) is 13. The van der Waals surface area contributed by atoms with Crippen molar-refractivity contribution in [3.63, 3.8) is 0 Å². The quantitative estimate of drug-likeness (QED) is 0.0349. The molecule has 0 aliphatic carbocycles. The molecule has 2 atom stereocenters. The Morgan fingerprint density at radius 2 is 1.30 bits per heavy atom. The Kier molecular flexibility index (Phi) is 24.6. The monoisotopic (exact) mass is 852 g/mol. The van der Waals surface area contributed by atoms with Gasteiger partial charge in [-0.2, -0.15) is 0 Å². The van der Waals surface area contributed by atoms with Crippen LogP contribution in [0.25, 0.3) is 0 Å². The summed E-state index contributed by atoms with van der Waals surface area (Å²) in [6.45, 7) is -2.85. The minimum Gasteiger partial charge on any atom is -0.507 e. The molecule has 0 aliphatic rings. The molecule has 0 aliphatic heterocycles. The van der Waals surface area contributed by atoms with E-state index in [4.69, 9.17) is 9.47 Å². The van der Waals surface area contributed by atoms with E-state index in [1.54, 1.807) is 0 Å². The molecule has 0 amide bonds. The average Bonchev–Trinajstić information content (AvgIpc) is 3.07. The van der Waals surface area contributed by atoms with Crippen molar-refractivity contribution in [2.75, 3.05) is 52.7 Å². The van der Waals surface area contributed by atoms with Gasteiger partial charge in [-0.1, -0.05) is 56.7 Å². The summed E-state index contributed by atoms with van der Waals surface area (Å²) in [5.74, 6) is -0.812. The zero-order chi connectivity index (χ0) is 39.0. The Balaban J connectivity index is 0.0000140. The van der Waals surface area contributed by atoms with Crippen LogP contribution in [0.1, 0.15) is 68.2 Å². The second-order valence-corrected chi connectivity index (χ2v) is 15.9. The number of ether oxygens (including phenoxy) is 2. The largest absolute Gasteiger partial charge is 0.507 e. The van der Waals surface area contributed by atoms with Crippen molar-refractivity contribution in [1.29, 1.82) is 0 Å². The van der Waals surface area contributed by atoms with Crippen LogP contribution in [0.4, 0.5) is 0 Å². The molecule has 0 saturated heterocycles. The number of methoxy groups -OCH3 is 1. The van der Waals surface area contributed by atoms with Crippen molar-refractivity contribution >= 4 is 21.0 Å². The molecular weight excluding hydrogens is 794 g/mol. The maximum absolute atomic E-state index is 12.7. The van der Waals surface area contributed by atoms with Crippen LogP contribution in [0.15, 0.2) is 36.4 Å². The number of para-hydroxylation sites is 2. The second-order valence-electron chi connectivity index (χ2n) is 12.6. The number of Topliss-reactive ketones (excluding diaryl/α,β-unsaturated/α-hetero) is 1. The predicted octanol–water partition coefficient (Wildman–Crippen LogP) is 1.96. The van der Waals surface area contributed by atoms with Crippen LogP contribution in [-0.4, -0.2) is 130 Å². The van der Waals surface area contributed by atoms with E-state index in [0.717, 1.165) is 9.80 Å². The number of nitrogens with zero attached hydrogens (tertiary/aromatic N) is 2. The Hall–Kier alpha value is -1.79. The summed E-state index contributed by atoms with van der Waals surface area (Å²) in [7, 11) is -8.41. The number of benzene rings is 2. The van der Waals surface area contributed by atoms with Gasteiger partial charge in [0.1, 0.15) is 29.9 Å². The summed E-state index contributed by atoms with van der Waals surface area (Å²) < 4.78 is 35.4. The minimum atomic E-state index is -4.99. The molecule has 20 heteroatoms. The summed E-state index contributed by atoms with van der Waals surface area (Å²) in [5.41, 5.74) is -1.46. The van der Waals surface area contributed by atoms with Crippen molar-refractivity contribution in [3.8, 4) is 11.5 Å². The van der Waals surface area contributed by atoms with Crippen molar-refractivity contribution in [2.24, 2.45) is 0 Å². The number of carbonyl (C=O) groups is 1. The fourth-order valence-corrected chi connectivity index (χ4v) is 7.82. The van der Waals surface area contributed by atoms with Gasteiger partial charge in [0.25, 0.3) is 0 Å². The Morgan fingerprint density at radius 1 is 0.759 bits per heavy atom. The number of unbranched alkanes of at least 4 members (excludes halogenated alkanes) is 2. The first-order chi connectivity index (χ1) is 24.5. The molecule has 2 unspecified atom stereocenters. The molecule has 54 heavy (non-hydrogen) atoms. The van der Waals surface area contributed by atoms with E-state index in [2.05, 4.69) is 0 Å². The molecule has 2 rings (SSSR count). The zero-order valence-electron chi connectivity index (χ0n) is 29.7. The van der Waals surface area contributed by atoms with Gasteiger partial charge in [0.2, 0.25) is 0 Å². The van der Waals surface area contributed by atoms with Gasteiger partial charge in [-0.15, -0.1) is 0 Å². The fourth-order valence-electron chi connectivity index (χ4n) is 6.22. The molecule has 0 heterocycles. The molecule has 10 N–H and O–H groups in total. The predicted molar refractivity (Wildman–Crippen MR) is 196 cm³/mol. The number of ketones is 1. The van der Waals surface area contributed by atoms with Crippen LogP contribution < -0.4 is 0 Å². The van der Waals surface area contributed by atoms with E-state index >= 15 is 0 Å². The summed E-state index contributed by atoms with van der Waals surface area (Å²) in [5, 5.41) is 63.4. The van der Waals surface area contributed by atoms with E-state index < -0.39 is 78.9 Å². The molecule has 2 aromatic carbocycles. The van der Waals surface area contributed by atoms with Gasteiger partial charge in [-0.3, -0.25) is 23.7 Å². The van der Waals surface area contributed by atoms with E-state index in [9.17, 15) is 64.1 Å². The number of aromatic hydroxyl groups is 2. The summed E-state index contributed by atoms with van der Waals surface area (Å²) in [6, 6.07) is 7.26. The average molecular weight is 853 g/mol. The van der Waals surface area contributed by atoms with Crippen molar-refractivity contribution in [2.45, 2.75) is 83.8 Å². The first kappa shape index (κ1) is 52.2. The van der Waals surface area contributed by atoms with Gasteiger partial charge in [-0.05, 0) is 12.8 Å². The molecule has 0 fully saturated rings. The van der Waals surface area contributed by atoms with Crippen LogP contribution in [-0.2, 0) is 66.8 Å². The number of phenols is 2. The number of aliphatic hydroxyl groups is 4. The van der Waals surface area contributed by atoms with Crippen molar-refractivity contribution in [1.82, 2.24) is 9.80 Å². The molecule has 312 valence electrons. The normalized spacial score (nSPS) is 13.7. The maximum Gasteiger partial charge on any atom is 0.339 e. The Labute approximate surface area is 327 Å². The van der Waals surface area contributed by atoms with E-state index in [1.165, 1.54) is 43.5 Å². The van der Waals surface area contributed by atoms with E-state index in [0.29, 0.717) is 26.1 Å². The van der Waals surface area contributed by atoms with Crippen LogP contribution in [0.2, 0.25) is 0 Å². The standard InChI is InChI=1S/C33H54N2O15P2.CH4.Fe/c1-49-15-16-50-14-12-29(40)11-3-2-4-13-33(22-39,35(24-52(46,47)48)18-26-8-6-10-28(20-37)32(26)42)30(21-38)34(23-51(43,44)45)17-25-7-5-9-27(19-36)31(25)41;;/h5-10,30,36-39,41-42H,2-4,11-24H2,1H3,(H2,43,44,45)(H2,46,47,48);1H4;. The summed E-state index contributed by atoms with van der Waals surface area (Å²) in [6.07, 6.45) is -0.792. The Morgan fingerprint density at radius 3 is 1.78 bits per heavy atom. The smallest absolute Gasteiger partial charge is 0.339 e. The number of rotatable bonds is 27. The zero-order valence-corrected chi connectivity index (χ0v) is 32.6. The molecule has 17 nitrogen and oxygen atoms in total.